The molecule has 0 radical (unpaired) electrons. The second kappa shape index (κ2) is 9.42. The third kappa shape index (κ3) is 6.26. The number of ether oxygens (including phenoxy) is 1. The van der Waals surface area contributed by atoms with Gasteiger partial charge in [-0.1, -0.05) is 19.2 Å². The van der Waals surface area contributed by atoms with Crippen molar-refractivity contribution in [2.24, 2.45) is 0 Å². The van der Waals surface area contributed by atoms with Gasteiger partial charge in [-0.2, -0.15) is 0 Å². The molecule has 0 atom stereocenters. The van der Waals surface area contributed by atoms with E-state index >= 15 is 0 Å². The summed E-state index contributed by atoms with van der Waals surface area (Å²) >= 11 is 0. The van der Waals surface area contributed by atoms with Gasteiger partial charge in [-0.15, -0.1) is 0 Å². The lowest BCUT2D eigenvalue weighted by Gasteiger charge is -2.10. The van der Waals surface area contributed by atoms with Crippen molar-refractivity contribution in [3.05, 3.63) is 72.1 Å². The van der Waals surface area contributed by atoms with Gasteiger partial charge in [0.1, 0.15) is 5.76 Å². The Hall–Kier alpha value is -2.88. The van der Waals surface area contributed by atoms with Crippen LogP contribution in [0.3, 0.4) is 0 Å². The van der Waals surface area contributed by atoms with Gasteiger partial charge in [-0.3, -0.25) is 9.78 Å². The minimum Gasteiger partial charge on any atom is -0.497 e. The van der Waals surface area contributed by atoms with Gasteiger partial charge in [0.2, 0.25) is 5.91 Å². The molecule has 25 heavy (non-hydrogen) atoms. The summed E-state index contributed by atoms with van der Waals surface area (Å²) in [5.41, 5.74) is 5.99. The van der Waals surface area contributed by atoms with Crippen LogP contribution < -0.4 is 5.32 Å². The SMILES string of the molecule is C=C(C)c1ncccc1C.C=C(OC)c1ccc(NC(C)=O)cc1C. The molecule has 0 saturated heterocycles. The first kappa shape index (κ1) is 20.2. The normalized spacial score (nSPS) is 9.48. The number of pyridine rings is 1. The van der Waals surface area contributed by atoms with Gasteiger partial charge in [-0.05, 0) is 61.7 Å². The van der Waals surface area contributed by atoms with Gasteiger partial charge in [0.15, 0.2) is 0 Å². The van der Waals surface area contributed by atoms with Crippen molar-refractivity contribution < 1.29 is 9.53 Å². The largest absolute Gasteiger partial charge is 0.497 e. The Morgan fingerprint density at radius 1 is 1.12 bits per heavy atom. The fraction of sp³-hybridized carbons (Fsp3) is 0.238. The van der Waals surface area contributed by atoms with E-state index in [0.29, 0.717) is 5.76 Å². The summed E-state index contributed by atoms with van der Waals surface area (Å²) in [6, 6.07) is 9.57. The number of aryl methyl sites for hydroxylation is 2. The van der Waals surface area contributed by atoms with Gasteiger partial charge in [0.25, 0.3) is 0 Å². The molecule has 2 aromatic rings. The molecule has 1 N–H and O–H groups in total. The average molecular weight is 338 g/mol. The summed E-state index contributed by atoms with van der Waals surface area (Å²) in [6.07, 6.45) is 1.79. The lowest BCUT2D eigenvalue weighted by molar-refractivity contribution is -0.114. The Morgan fingerprint density at radius 2 is 1.80 bits per heavy atom. The highest BCUT2D eigenvalue weighted by Crippen LogP contribution is 2.21. The quantitative estimate of drug-likeness (QED) is 0.799. The van der Waals surface area contributed by atoms with E-state index in [2.05, 4.69) is 23.5 Å². The standard InChI is InChI=1S/C12H15NO2.C9H11N/c1-8-7-11(13-10(3)14)5-6-12(8)9(2)15-4;1-7(2)9-8(3)5-4-6-10-9/h5-7H,2H2,1,3-4H3,(H,13,14);4-6H,1H2,2-3H3. The fourth-order valence-electron chi connectivity index (χ4n) is 2.30. The Morgan fingerprint density at radius 3 is 2.24 bits per heavy atom. The van der Waals surface area contributed by atoms with E-state index in [1.165, 1.54) is 12.5 Å². The molecule has 4 nitrogen and oxygen atoms in total. The van der Waals surface area contributed by atoms with Crippen LogP contribution in [-0.2, 0) is 9.53 Å². The Balaban J connectivity index is 0.000000271. The minimum absolute atomic E-state index is 0.0762. The molecule has 0 bridgehead atoms. The number of anilines is 1. The zero-order chi connectivity index (χ0) is 19.0. The Labute approximate surface area is 150 Å². The van der Waals surface area contributed by atoms with Crippen LogP contribution in [0.1, 0.15) is 36.2 Å². The summed E-state index contributed by atoms with van der Waals surface area (Å²) in [4.78, 5) is 15.0. The molecular formula is C21H26N2O2. The highest BCUT2D eigenvalue weighted by Gasteiger charge is 2.04. The smallest absolute Gasteiger partial charge is 0.221 e. The number of nitrogens with one attached hydrogen (secondary N) is 1. The van der Waals surface area contributed by atoms with E-state index < -0.39 is 0 Å². The summed E-state index contributed by atoms with van der Waals surface area (Å²) in [5.74, 6) is 0.551. The van der Waals surface area contributed by atoms with Crippen LogP contribution >= 0.6 is 0 Å². The molecule has 4 heteroatoms. The number of allylic oxidation sites excluding steroid dienone is 1. The number of amides is 1. The third-order valence-electron chi connectivity index (χ3n) is 3.51. The highest BCUT2D eigenvalue weighted by atomic mass is 16.5. The van der Waals surface area contributed by atoms with E-state index in [9.17, 15) is 4.79 Å². The second-order valence-corrected chi connectivity index (χ2v) is 5.79. The lowest BCUT2D eigenvalue weighted by Crippen LogP contribution is -2.06. The molecule has 2 rings (SSSR count). The van der Waals surface area contributed by atoms with Crippen molar-refractivity contribution in [2.45, 2.75) is 27.7 Å². The maximum atomic E-state index is 10.8. The number of hydrogen-bond donors (Lipinski definition) is 1. The molecule has 0 aliphatic rings. The maximum absolute atomic E-state index is 10.8. The van der Waals surface area contributed by atoms with Gasteiger partial charge < -0.3 is 10.1 Å². The zero-order valence-electron chi connectivity index (χ0n) is 15.6. The molecule has 1 aromatic heterocycles. The van der Waals surface area contributed by atoms with Crippen LogP contribution in [0.4, 0.5) is 5.69 Å². The Kier molecular flexibility index (Phi) is 7.60. The number of rotatable bonds is 4. The first-order valence-electron chi connectivity index (χ1n) is 7.95. The van der Waals surface area contributed by atoms with Crippen molar-refractivity contribution >= 4 is 22.9 Å². The van der Waals surface area contributed by atoms with Gasteiger partial charge in [0, 0.05) is 24.4 Å². The predicted octanol–water partition coefficient (Wildman–Crippen LogP) is 4.99. The molecule has 0 fully saturated rings. The number of hydrogen-bond acceptors (Lipinski definition) is 3. The number of methoxy groups -OCH3 is 1. The summed E-state index contributed by atoms with van der Waals surface area (Å²) < 4.78 is 5.06. The van der Waals surface area contributed by atoms with Crippen LogP contribution in [0.5, 0.6) is 0 Å². The van der Waals surface area contributed by atoms with Crippen LogP contribution in [0, 0.1) is 13.8 Å². The molecule has 1 heterocycles. The van der Waals surface area contributed by atoms with Gasteiger partial charge >= 0.3 is 0 Å². The zero-order valence-corrected chi connectivity index (χ0v) is 15.6. The number of nitrogens with zero attached hydrogens (tertiary/aromatic N) is 1. The molecule has 1 amide bonds. The van der Waals surface area contributed by atoms with Gasteiger partial charge in [0.05, 0.1) is 12.8 Å². The topological polar surface area (TPSA) is 51.2 Å². The summed E-state index contributed by atoms with van der Waals surface area (Å²) in [5, 5.41) is 2.72. The van der Waals surface area contributed by atoms with Crippen LogP contribution in [-0.4, -0.2) is 18.0 Å². The van der Waals surface area contributed by atoms with E-state index in [1.54, 1.807) is 13.3 Å². The van der Waals surface area contributed by atoms with Crippen molar-refractivity contribution in [1.29, 1.82) is 0 Å². The molecule has 132 valence electrons. The number of carbonyl (C=O) groups is 1. The number of carbonyl (C=O) groups excluding carboxylic acids is 1. The highest BCUT2D eigenvalue weighted by molar-refractivity contribution is 5.89. The lowest BCUT2D eigenvalue weighted by atomic mass is 10.1. The van der Waals surface area contributed by atoms with Crippen molar-refractivity contribution in [3.63, 3.8) is 0 Å². The van der Waals surface area contributed by atoms with Crippen LogP contribution in [0.15, 0.2) is 49.7 Å². The van der Waals surface area contributed by atoms with E-state index in [0.717, 1.165) is 28.1 Å². The van der Waals surface area contributed by atoms with Gasteiger partial charge in [-0.25, -0.2) is 0 Å². The second-order valence-electron chi connectivity index (χ2n) is 5.79. The molecule has 0 aliphatic carbocycles. The molecule has 1 aromatic carbocycles. The van der Waals surface area contributed by atoms with Crippen LogP contribution in [0.2, 0.25) is 0 Å². The Bertz CT molecular complexity index is 779. The third-order valence-corrected chi connectivity index (χ3v) is 3.51. The van der Waals surface area contributed by atoms with Crippen molar-refractivity contribution in [1.82, 2.24) is 4.98 Å². The number of aromatic nitrogens is 1. The first-order valence-corrected chi connectivity index (χ1v) is 7.95. The van der Waals surface area contributed by atoms with Crippen LogP contribution in [0.25, 0.3) is 11.3 Å². The fourth-order valence-corrected chi connectivity index (χ4v) is 2.30. The monoisotopic (exact) mass is 338 g/mol. The minimum atomic E-state index is -0.0762. The first-order chi connectivity index (χ1) is 11.8. The molecule has 0 unspecified atom stereocenters. The average Bonchev–Trinajstić information content (AvgIpc) is 2.54. The van der Waals surface area contributed by atoms with E-state index in [4.69, 9.17) is 4.74 Å². The molecule has 0 aliphatic heterocycles. The maximum Gasteiger partial charge on any atom is 0.221 e. The van der Waals surface area contributed by atoms with Crippen molar-refractivity contribution in [2.75, 3.05) is 12.4 Å². The number of benzene rings is 1. The van der Waals surface area contributed by atoms with E-state index in [-0.39, 0.29) is 5.91 Å². The summed E-state index contributed by atoms with van der Waals surface area (Å²) in [7, 11) is 1.59. The molecular weight excluding hydrogens is 312 g/mol. The van der Waals surface area contributed by atoms with E-state index in [1.807, 2.05) is 51.1 Å². The molecule has 0 spiro atoms. The van der Waals surface area contributed by atoms with Crippen molar-refractivity contribution in [3.8, 4) is 0 Å². The summed E-state index contributed by atoms with van der Waals surface area (Å²) in [6.45, 7) is 15.0. The molecule has 0 saturated carbocycles. The predicted molar refractivity (Wildman–Crippen MR) is 105 cm³/mol.